The topological polar surface area (TPSA) is 96.0 Å². The number of halogens is 1. The van der Waals surface area contributed by atoms with Crippen LogP contribution >= 0.6 is 15.9 Å². The Morgan fingerprint density at radius 3 is 2.17 bits per heavy atom. The van der Waals surface area contributed by atoms with E-state index in [1.807, 2.05) is 61.5 Å². The van der Waals surface area contributed by atoms with Gasteiger partial charge in [-0.25, -0.2) is 8.42 Å². The van der Waals surface area contributed by atoms with Gasteiger partial charge in [-0.1, -0.05) is 107 Å². The molecular formula is C38H42BrN3O5S. The van der Waals surface area contributed by atoms with Crippen molar-refractivity contribution in [2.75, 3.05) is 18.0 Å². The molecule has 252 valence electrons. The van der Waals surface area contributed by atoms with Crippen molar-refractivity contribution in [3.8, 4) is 5.75 Å². The molecule has 0 spiro atoms. The van der Waals surface area contributed by atoms with Crippen LogP contribution in [0, 0.1) is 6.92 Å². The van der Waals surface area contributed by atoms with E-state index >= 15 is 0 Å². The number of anilines is 1. The van der Waals surface area contributed by atoms with Gasteiger partial charge in [-0.3, -0.25) is 13.9 Å². The highest BCUT2D eigenvalue weighted by atomic mass is 79.9. The predicted octanol–water partition coefficient (Wildman–Crippen LogP) is 7.05. The van der Waals surface area contributed by atoms with Crippen molar-refractivity contribution < 1.29 is 22.7 Å². The number of rotatable bonds is 13. The molecule has 10 heteroatoms. The molecule has 0 aromatic heterocycles. The smallest absolute Gasteiger partial charge is 0.264 e. The largest absolute Gasteiger partial charge is 0.495 e. The average Bonchev–Trinajstić information content (AvgIpc) is 3.10. The van der Waals surface area contributed by atoms with Crippen molar-refractivity contribution in [1.29, 1.82) is 0 Å². The SMILES string of the molecule is COc1ccccc1N(CC(=O)N(Cc1ccc(Br)cc1)C(Cc1ccccc1)C(=O)NC1CCCCC1)S(=O)(=O)c1ccc(C)cc1. The summed E-state index contributed by atoms with van der Waals surface area (Å²) in [5, 5.41) is 3.24. The number of nitrogens with zero attached hydrogens (tertiary/aromatic N) is 2. The molecule has 0 aliphatic heterocycles. The van der Waals surface area contributed by atoms with Gasteiger partial charge in [0.15, 0.2) is 0 Å². The molecule has 1 aliphatic carbocycles. The minimum atomic E-state index is -4.24. The molecule has 0 heterocycles. The van der Waals surface area contributed by atoms with Crippen LogP contribution in [0.15, 0.2) is 112 Å². The second kappa shape index (κ2) is 16.3. The van der Waals surface area contributed by atoms with Crippen LogP contribution in [-0.2, 0) is 32.6 Å². The van der Waals surface area contributed by atoms with E-state index in [1.54, 1.807) is 36.4 Å². The standard InChI is InChI=1S/C38H42BrN3O5S/c1-28-17-23-33(24-18-28)48(45,46)42(34-15-9-10-16-36(34)47-2)27-37(43)41(26-30-19-21-31(39)22-20-30)35(25-29-11-5-3-6-12-29)38(44)40-32-13-7-4-8-14-32/h3,5-6,9-12,15-24,32,35H,4,7-8,13-14,25-27H2,1-2H3,(H,40,44). The molecule has 0 saturated heterocycles. The van der Waals surface area contributed by atoms with Crippen molar-refractivity contribution in [1.82, 2.24) is 10.2 Å². The molecule has 2 amide bonds. The Hall–Kier alpha value is -4.15. The van der Waals surface area contributed by atoms with E-state index in [-0.39, 0.29) is 35.5 Å². The van der Waals surface area contributed by atoms with Crippen LogP contribution < -0.4 is 14.4 Å². The summed E-state index contributed by atoms with van der Waals surface area (Å²) in [5.74, 6) is -0.461. The van der Waals surface area contributed by atoms with Gasteiger partial charge in [0, 0.05) is 23.5 Å². The zero-order valence-corrected chi connectivity index (χ0v) is 29.8. The quantitative estimate of drug-likeness (QED) is 0.159. The fourth-order valence-corrected chi connectivity index (χ4v) is 7.76. The number of hydrogen-bond donors (Lipinski definition) is 1. The normalized spacial score (nSPS) is 14.1. The van der Waals surface area contributed by atoms with Gasteiger partial charge < -0.3 is 15.0 Å². The highest BCUT2D eigenvalue weighted by Gasteiger charge is 2.36. The fraction of sp³-hybridized carbons (Fsp3) is 0.316. The van der Waals surface area contributed by atoms with Crippen molar-refractivity contribution in [3.63, 3.8) is 0 Å². The first-order valence-electron chi connectivity index (χ1n) is 16.3. The summed E-state index contributed by atoms with van der Waals surface area (Å²) in [5.41, 5.74) is 2.83. The molecule has 4 aromatic rings. The van der Waals surface area contributed by atoms with Crippen LogP contribution in [0.5, 0.6) is 5.75 Å². The predicted molar refractivity (Wildman–Crippen MR) is 192 cm³/mol. The number of nitrogens with one attached hydrogen (secondary N) is 1. The summed E-state index contributed by atoms with van der Waals surface area (Å²) >= 11 is 3.48. The molecule has 48 heavy (non-hydrogen) atoms. The monoisotopic (exact) mass is 731 g/mol. The minimum absolute atomic E-state index is 0.0288. The highest BCUT2D eigenvalue weighted by molar-refractivity contribution is 9.10. The van der Waals surface area contributed by atoms with Crippen molar-refractivity contribution >= 4 is 43.5 Å². The average molecular weight is 733 g/mol. The van der Waals surface area contributed by atoms with E-state index in [0.717, 1.165) is 57.6 Å². The number of carbonyl (C=O) groups is 2. The lowest BCUT2D eigenvalue weighted by Gasteiger charge is -2.35. The Balaban J connectivity index is 1.58. The lowest BCUT2D eigenvalue weighted by molar-refractivity contribution is -0.140. The maximum atomic E-state index is 14.7. The third-order valence-corrected chi connectivity index (χ3v) is 11.0. The van der Waals surface area contributed by atoms with Crippen LogP contribution in [-0.4, -0.2) is 50.9 Å². The molecule has 5 rings (SSSR count). The van der Waals surface area contributed by atoms with Gasteiger partial charge in [-0.2, -0.15) is 0 Å². The molecule has 0 bridgehead atoms. The maximum Gasteiger partial charge on any atom is 0.264 e. The van der Waals surface area contributed by atoms with Crippen LogP contribution in [0.25, 0.3) is 0 Å². The number of hydrogen-bond acceptors (Lipinski definition) is 5. The fourth-order valence-electron chi connectivity index (χ4n) is 6.07. The molecule has 1 aliphatic rings. The van der Waals surface area contributed by atoms with Gasteiger partial charge in [0.2, 0.25) is 11.8 Å². The van der Waals surface area contributed by atoms with E-state index in [4.69, 9.17) is 4.74 Å². The van der Waals surface area contributed by atoms with Gasteiger partial charge in [-0.05, 0) is 67.3 Å². The summed E-state index contributed by atoms with van der Waals surface area (Å²) in [6.45, 7) is 1.43. The van der Waals surface area contributed by atoms with Gasteiger partial charge in [0.1, 0.15) is 18.3 Å². The van der Waals surface area contributed by atoms with E-state index in [0.29, 0.717) is 5.75 Å². The van der Waals surface area contributed by atoms with E-state index in [2.05, 4.69) is 21.2 Å². The first-order chi connectivity index (χ1) is 23.2. The molecule has 1 unspecified atom stereocenters. The second-order valence-electron chi connectivity index (χ2n) is 12.2. The molecule has 4 aromatic carbocycles. The first kappa shape index (κ1) is 35.2. The number of methoxy groups -OCH3 is 1. The number of para-hydroxylation sites is 2. The Labute approximate surface area is 292 Å². The number of benzene rings is 4. The Kier molecular flexibility index (Phi) is 11.9. The molecule has 0 radical (unpaired) electrons. The van der Waals surface area contributed by atoms with Crippen LogP contribution in [0.2, 0.25) is 0 Å². The van der Waals surface area contributed by atoms with Gasteiger partial charge >= 0.3 is 0 Å². The van der Waals surface area contributed by atoms with E-state index < -0.39 is 28.5 Å². The van der Waals surface area contributed by atoms with Crippen molar-refractivity contribution in [2.24, 2.45) is 0 Å². The Morgan fingerprint density at radius 2 is 1.50 bits per heavy atom. The lowest BCUT2D eigenvalue weighted by atomic mass is 9.94. The lowest BCUT2D eigenvalue weighted by Crippen LogP contribution is -2.55. The first-order valence-corrected chi connectivity index (χ1v) is 18.5. The third-order valence-electron chi connectivity index (χ3n) is 8.73. The summed E-state index contributed by atoms with van der Waals surface area (Å²) < 4.78 is 36.2. The summed E-state index contributed by atoms with van der Waals surface area (Å²) in [4.78, 5) is 30.6. The number of aryl methyl sites for hydroxylation is 1. The summed E-state index contributed by atoms with van der Waals surface area (Å²) in [6.07, 6.45) is 5.27. The number of carbonyl (C=O) groups excluding carboxylic acids is 2. The molecule has 8 nitrogen and oxygen atoms in total. The molecule has 1 fully saturated rings. The van der Waals surface area contributed by atoms with Gasteiger partial charge in [-0.15, -0.1) is 0 Å². The third kappa shape index (κ3) is 8.85. The zero-order chi connectivity index (χ0) is 34.1. The molecule has 1 atom stereocenters. The van der Waals surface area contributed by atoms with Gasteiger partial charge in [0.05, 0.1) is 17.7 Å². The van der Waals surface area contributed by atoms with Crippen molar-refractivity contribution in [3.05, 3.63) is 124 Å². The Morgan fingerprint density at radius 1 is 0.854 bits per heavy atom. The van der Waals surface area contributed by atoms with Gasteiger partial charge in [0.25, 0.3) is 10.0 Å². The second-order valence-corrected chi connectivity index (χ2v) is 15.0. The minimum Gasteiger partial charge on any atom is -0.495 e. The number of amides is 2. The van der Waals surface area contributed by atoms with Crippen molar-refractivity contribution in [2.45, 2.75) is 69.0 Å². The maximum absolute atomic E-state index is 14.7. The summed E-state index contributed by atoms with van der Waals surface area (Å²) in [7, 11) is -2.78. The number of sulfonamides is 1. The molecular weight excluding hydrogens is 690 g/mol. The van der Waals surface area contributed by atoms with E-state index in [1.165, 1.54) is 24.1 Å². The summed E-state index contributed by atoms with van der Waals surface area (Å²) in [6, 6.07) is 29.5. The van der Waals surface area contributed by atoms with Crippen LogP contribution in [0.1, 0.15) is 48.8 Å². The number of ether oxygens (including phenoxy) is 1. The van der Waals surface area contributed by atoms with E-state index in [9.17, 15) is 18.0 Å². The zero-order valence-electron chi connectivity index (χ0n) is 27.3. The molecule has 1 N–H and O–H groups in total. The van der Waals surface area contributed by atoms with Crippen LogP contribution in [0.4, 0.5) is 5.69 Å². The van der Waals surface area contributed by atoms with Crippen LogP contribution in [0.3, 0.4) is 0 Å². The highest BCUT2D eigenvalue weighted by Crippen LogP contribution is 2.33. The molecule has 1 saturated carbocycles. The Bertz CT molecular complexity index is 1780.